The van der Waals surface area contributed by atoms with Crippen molar-refractivity contribution >= 4 is 11.9 Å². The van der Waals surface area contributed by atoms with Crippen molar-refractivity contribution in [2.75, 3.05) is 20.1 Å². The van der Waals surface area contributed by atoms with Crippen LogP contribution >= 0.6 is 0 Å². The molecule has 0 bridgehead atoms. The van der Waals surface area contributed by atoms with Crippen LogP contribution in [0.15, 0.2) is 35.3 Å². The largest absolute Gasteiger partial charge is 0.359 e. The highest BCUT2D eigenvalue weighted by atomic mass is 16.1. The zero-order valence-corrected chi connectivity index (χ0v) is 17.6. The number of nitrogens with one attached hydrogen (secondary N) is 2. The molecule has 2 heterocycles. The maximum Gasteiger partial charge on any atom is 0.220 e. The van der Waals surface area contributed by atoms with Gasteiger partial charge in [-0.15, -0.1) is 10.2 Å². The van der Waals surface area contributed by atoms with Gasteiger partial charge in [-0.25, -0.2) is 4.99 Å². The zero-order valence-electron chi connectivity index (χ0n) is 17.6. The van der Waals surface area contributed by atoms with Crippen molar-refractivity contribution in [3.8, 4) is 0 Å². The third-order valence-electron chi connectivity index (χ3n) is 5.51. The minimum atomic E-state index is 0.122. The number of piperidine rings is 1. The summed E-state index contributed by atoms with van der Waals surface area (Å²) in [5, 5.41) is 14.6. The Morgan fingerprint density at radius 1 is 1.21 bits per heavy atom. The number of hydrogen-bond acceptors (Lipinski definition) is 4. The lowest BCUT2D eigenvalue weighted by atomic mass is 9.93. The number of benzene rings is 1. The van der Waals surface area contributed by atoms with Crippen molar-refractivity contribution in [1.82, 2.24) is 30.3 Å². The fraction of sp³-hybridized carbons (Fsp3) is 0.524. The Kier molecular flexibility index (Phi) is 7.21. The molecule has 0 aliphatic carbocycles. The van der Waals surface area contributed by atoms with Gasteiger partial charge in [-0.05, 0) is 31.2 Å². The fourth-order valence-electron chi connectivity index (χ4n) is 3.49. The third kappa shape index (κ3) is 5.79. The van der Waals surface area contributed by atoms with Crippen molar-refractivity contribution in [2.45, 2.75) is 39.3 Å². The van der Waals surface area contributed by atoms with Crippen LogP contribution in [0.2, 0.25) is 0 Å². The molecule has 1 saturated heterocycles. The first-order chi connectivity index (χ1) is 14.1. The molecule has 1 amide bonds. The highest BCUT2D eigenvalue weighted by Crippen LogP contribution is 2.20. The minimum absolute atomic E-state index is 0.122. The van der Waals surface area contributed by atoms with Gasteiger partial charge in [0, 0.05) is 33.6 Å². The first-order valence-electron chi connectivity index (χ1n) is 10.2. The van der Waals surface area contributed by atoms with Gasteiger partial charge in [0.1, 0.15) is 5.82 Å². The molecule has 2 N–H and O–H groups in total. The lowest BCUT2D eigenvalue weighted by Crippen LogP contribution is -2.46. The molecule has 1 aliphatic rings. The van der Waals surface area contributed by atoms with Crippen LogP contribution in [0.25, 0.3) is 0 Å². The Balaban J connectivity index is 1.65. The molecule has 8 heteroatoms. The van der Waals surface area contributed by atoms with Gasteiger partial charge >= 0.3 is 0 Å². The standard InChI is InChI=1S/C21H31N7O/c1-16-25-26-19(27(16)3)15-24-21(23-14-18-7-5-4-6-8-18)28-11-9-17(10-12-28)13-20(29)22-2/h4-8,17H,9-15H2,1-3H3,(H,22,29)(H,23,24). The zero-order chi connectivity index (χ0) is 20.6. The lowest BCUT2D eigenvalue weighted by Gasteiger charge is -2.34. The number of aliphatic imine (C=N–C) groups is 1. The van der Waals surface area contributed by atoms with Crippen LogP contribution < -0.4 is 10.6 Å². The number of carbonyl (C=O) groups excluding carboxylic acids is 1. The summed E-state index contributed by atoms with van der Waals surface area (Å²) in [6.45, 7) is 4.92. The number of nitrogens with zero attached hydrogens (tertiary/aromatic N) is 5. The van der Waals surface area contributed by atoms with Gasteiger partial charge < -0.3 is 20.1 Å². The molecule has 156 valence electrons. The molecular weight excluding hydrogens is 366 g/mol. The van der Waals surface area contributed by atoms with Crippen LogP contribution in [0.5, 0.6) is 0 Å². The molecule has 0 saturated carbocycles. The van der Waals surface area contributed by atoms with E-state index in [9.17, 15) is 4.79 Å². The highest BCUT2D eigenvalue weighted by Gasteiger charge is 2.23. The number of likely N-dealkylation sites (tertiary alicyclic amines) is 1. The number of amides is 1. The molecule has 8 nitrogen and oxygen atoms in total. The number of carbonyl (C=O) groups is 1. The number of rotatable bonds is 6. The topological polar surface area (TPSA) is 87.4 Å². The maximum atomic E-state index is 11.7. The van der Waals surface area contributed by atoms with E-state index in [1.54, 1.807) is 7.05 Å². The summed E-state index contributed by atoms with van der Waals surface area (Å²) in [4.78, 5) is 18.8. The second-order valence-corrected chi connectivity index (χ2v) is 7.51. The second kappa shape index (κ2) is 10.0. The van der Waals surface area contributed by atoms with Crippen LogP contribution in [-0.4, -0.2) is 51.7 Å². The minimum Gasteiger partial charge on any atom is -0.359 e. The predicted octanol–water partition coefficient (Wildman–Crippen LogP) is 1.62. The van der Waals surface area contributed by atoms with Gasteiger partial charge in [-0.3, -0.25) is 4.79 Å². The smallest absolute Gasteiger partial charge is 0.220 e. The van der Waals surface area contributed by atoms with E-state index in [2.05, 4.69) is 37.9 Å². The number of aromatic nitrogens is 3. The van der Waals surface area contributed by atoms with Gasteiger partial charge in [0.15, 0.2) is 11.8 Å². The van der Waals surface area contributed by atoms with E-state index < -0.39 is 0 Å². The highest BCUT2D eigenvalue weighted by molar-refractivity contribution is 5.80. The van der Waals surface area contributed by atoms with Gasteiger partial charge in [0.2, 0.25) is 5.91 Å². The van der Waals surface area contributed by atoms with Crippen molar-refractivity contribution in [3.05, 3.63) is 47.5 Å². The summed E-state index contributed by atoms with van der Waals surface area (Å²) < 4.78 is 1.98. The van der Waals surface area contributed by atoms with Crippen LogP contribution in [-0.2, 0) is 24.9 Å². The van der Waals surface area contributed by atoms with Gasteiger partial charge in [0.25, 0.3) is 0 Å². The Labute approximate surface area is 172 Å². The summed E-state index contributed by atoms with van der Waals surface area (Å²) in [5.41, 5.74) is 1.18. The molecule has 29 heavy (non-hydrogen) atoms. The first kappa shape index (κ1) is 20.8. The Bertz CT molecular complexity index is 823. The molecule has 1 aliphatic heterocycles. The van der Waals surface area contributed by atoms with E-state index in [0.717, 1.165) is 43.5 Å². The number of guanidine groups is 1. The molecule has 2 aromatic rings. The fourth-order valence-corrected chi connectivity index (χ4v) is 3.49. The van der Waals surface area contributed by atoms with E-state index in [0.29, 0.717) is 25.4 Å². The monoisotopic (exact) mass is 397 g/mol. The predicted molar refractivity (Wildman–Crippen MR) is 113 cm³/mol. The van der Waals surface area contributed by atoms with Gasteiger partial charge in [-0.2, -0.15) is 0 Å². The molecule has 1 fully saturated rings. The van der Waals surface area contributed by atoms with Crippen LogP contribution in [0.1, 0.15) is 36.5 Å². The molecule has 0 radical (unpaired) electrons. The molecule has 3 rings (SSSR count). The summed E-state index contributed by atoms with van der Waals surface area (Å²) in [6, 6.07) is 10.3. The molecule has 0 atom stereocenters. The average molecular weight is 398 g/mol. The summed E-state index contributed by atoms with van der Waals surface area (Å²) in [7, 11) is 3.67. The normalized spacial score (nSPS) is 15.4. The van der Waals surface area contributed by atoms with E-state index >= 15 is 0 Å². The van der Waals surface area contributed by atoms with E-state index in [1.165, 1.54) is 5.56 Å². The SMILES string of the molecule is CNC(=O)CC1CCN(C(=NCc2ccccc2)NCc2nnc(C)n2C)CC1. The molecule has 1 aromatic heterocycles. The van der Waals surface area contributed by atoms with Crippen LogP contribution in [0.3, 0.4) is 0 Å². The van der Waals surface area contributed by atoms with E-state index in [-0.39, 0.29) is 5.91 Å². The van der Waals surface area contributed by atoms with Crippen LogP contribution in [0, 0.1) is 12.8 Å². The first-order valence-corrected chi connectivity index (χ1v) is 10.2. The number of hydrogen-bond donors (Lipinski definition) is 2. The Morgan fingerprint density at radius 3 is 2.55 bits per heavy atom. The number of aryl methyl sites for hydroxylation is 1. The van der Waals surface area contributed by atoms with Crippen molar-refractivity contribution < 1.29 is 4.79 Å². The van der Waals surface area contributed by atoms with Crippen molar-refractivity contribution in [3.63, 3.8) is 0 Å². The maximum absolute atomic E-state index is 11.7. The quantitative estimate of drug-likeness (QED) is 0.571. The average Bonchev–Trinajstić information content (AvgIpc) is 3.07. The lowest BCUT2D eigenvalue weighted by molar-refractivity contribution is -0.121. The van der Waals surface area contributed by atoms with Crippen molar-refractivity contribution in [1.29, 1.82) is 0 Å². The van der Waals surface area contributed by atoms with E-state index in [1.807, 2.05) is 36.7 Å². The van der Waals surface area contributed by atoms with Crippen LogP contribution in [0.4, 0.5) is 0 Å². The third-order valence-corrected chi connectivity index (χ3v) is 5.51. The van der Waals surface area contributed by atoms with E-state index in [4.69, 9.17) is 4.99 Å². The molecular formula is C21H31N7O. The van der Waals surface area contributed by atoms with Gasteiger partial charge in [-0.1, -0.05) is 30.3 Å². The van der Waals surface area contributed by atoms with Gasteiger partial charge in [0.05, 0.1) is 13.1 Å². The van der Waals surface area contributed by atoms with Crippen molar-refractivity contribution in [2.24, 2.45) is 18.0 Å². The summed E-state index contributed by atoms with van der Waals surface area (Å²) in [6.07, 6.45) is 2.58. The molecule has 0 spiro atoms. The Morgan fingerprint density at radius 2 is 1.93 bits per heavy atom. The molecule has 1 aromatic carbocycles. The summed E-state index contributed by atoms with van der Waals surface area (Å²) >= 11 is 0. The second-order valence-electron chi connectivity index (χ2n) is 7.51. The summed E-state index contributed by atoms with van der Waals surface area (Å²) in [5.74, 6) is 3.21. The Hall–Kier alpha value is -2.90. The molecule has 0 unspecified atom stereocenters.